The molecule has 0 heterocycles. The van der Waals surface area contributed by atoms with Gasteiger partial charge in [-0.05, 0) is 0 Å². The van der Waals surface area contributed by atoms with E-state index in [1.165, 1.54) is 0 Å². The molecule has 0 unspecified atom stereocenters. The Bertz CT molecular complexity index is 165. The minimum Gasteiger partial charge on any atom is -0.431 e. The topological polar surface area (TPSA) is 123 Å². The molecule has 0 amide bonds. The third-order valence-electron chi connectivity index (χ3n) is 0.926. The van der Waals surface area contributed by atoms with Crippen LogP contribution in [0.5, 0.6) is 0 Å². The molecule has 0 saturated heterocycles. The molecule has 0 spiro atoms. The number of nitrogens with two attached hydrogens (primary N) is 2. The summed E-state index contributed by atoms with van der Waals surface area (Å²) in [6.45, 7) is -0.819. The van der Waals surface area contributed by atoms with E-state index < -0.39 is 12.3 Å². The monoisotopic (exact) mass is 208 g/mol. The van der Waals surface area contributed by atoms with Gasteiger partial charge in [0, 0.05) is 0 Å². The lowest BCUT2D eigenvalue weighted by molar-refractivity contribution is 0.0197. The molecule has 4 N–H and O–H groups in total. The van der Waals surface area contributed by atoms with Gasteiger partial charge in [0.15, 0.2) is 0 Å². The summed E-state index contributed by atoms with van der Waals surface area (Å²) in [5, 5.41) is 0. The van der Waals surface area contributed by atoms with Gasteiger partial charge in [0.2, 0.25) is 0 Å². The number of hydrogen-bond acceptors (Lipinski definition) is 8. The van der Waals surface area contributed by atoms with Gasteiger partial charge in [-0.25, -0.2) is 9.59 Å². The van der Waals surface area contributed by atoms with E-state index in [0.29, 0.717) is 0 Å². The summed E-state index contributed by atoms with van der Waals surface area (Å²) in [7, 11) is 0. The number of rotatable bonds is 5. The van der Waals surface area contributed by atoms with Gasteiger partial charge < -0.3 is 18.9 Å². The summed E-state index contributed by atoms with van der Waals surface area (Å²) < 4.78 is 17.3. The second-order valence-corrected chi connectivity index (χ2v) is 1.82. The quantitative estimate of drug-likeness (QED) is 0.339. The molecule has 0 fully saturated rings. The molecule has 0 radical (unpaired) electrons. The van der Waals surface area contributed by atoms with Crippen LogP contribution in [0.15, 0.2) is 0 Å². The Morgan fingerprint density at radius 3 is 1.43 bits per heavy atom. The Morgan fingerprint density at radius 2 is 1.14 bits per heavy atom. The fourth-order valence-corrected chi connectivity index (χ4v) is 0.469. The number of ether oxygens (including phenoxy) is 4. The highest BCUT2D eigenvalue weighted by Gasteiger charge is 2.04. The van der Waals surface area contributed by atoms with E-state index in [1.807, 2.05) is 0 Å². The van der Waals surface area contributed by atoms with E-state index in [1.54, 1.807) is 0 Å². The van der Waals surface area contributed by atoms with E-state index >= 15 is 0 Å². The van der Waals surface area contributed by atoms with E-state index in [0.717, 1.165) is 0 Å². The van der Waals surface area contributed by atoms with Crippen LogP contribution in [-0.4, -0.2) is 39.0 Å². The smallest absolute Gasteiger partial charge is 0.431 e. The molecule has 0 aliphatic rings. The van der Waals surface area contributed by atoms with Gasteiger partial charge in [0.1, 0.15) is 26.7 Å². The van der Waals surface area contributed by atoms with Crippen molar-refractivity contribution in [2.45, 2.75) is 0 Å². The van der Waals surface area contributed by atoms with Gasteiger partial charge in [-0.3, -0.25) is 11.5 Å². The highest BCUT2D eigenvalue weighted by Crippen LogP contribution is 1.86. The van der Waals surface area contributed by atoms with Crippen LogP contribution in [0.3, 0.4) is 0 Å². The average Bonchev–Trinajstić information content (AvgIpc) is 2.13. The molecular formula is C6H12N2O6. The lowest BCUT2D eigenvalue weighted by Crippen LogP contribution is -2.19. The molecule has 0 atom stereocenters. The molecule has 0 rings (SSSR count). The van der Waals surface area contributed by atoms with Crippen LogP contribution in [0.25, 0.3) is 0 Å². The van der Waals surface area contributed by atoms with Crippen LogP contribution in [0.4, 0.5) is 9.59 Å². The zero-order valence-corrected chi connectivity index (χ0v) is 7.43. The Hall–Kier alpha value is -1.54. The fourth-order valence-electron chi connectivity index (χ4n) is 0.469. The standard InChI is InChI=1S/C6H12N2O6/c7-3-13-5(9)11-1-2-12-6(10)14-4-8/h1-4,7-8H2. The normalized spacial score (nSPS) is 9.00. The molecule has 8 nitrogen and oxygen atoms in total. The van der Waals surface area contributed by atoms with Crippen molar-refractivity contribution in [2.24, 2.45) is 11.5 Å². The molecule has 8 heteroatoms. The Labute approximate surface area is 80.0 Å². The highest BCUT2D eigenvalue weighted by molar-refractivity contribution is 5.60. The summed E-state index contributed by atoms with van der Waals surface area (Å²) in [5.41, 5.74) is 9.76. The Kier molecular flexibility index (Phi) is 7.19. The average molecular weight is 208 g/mol. The van der Waals surface area contributed by atoms with Crippen LogP contribution in [-0.2, 0) is 18.9 Å². The summed E-state index contributed by atoms with van der Waals surface area (Å²) in [6, 6.07) is 0. The van der Waals surface area contributed by atoms with E-state index in [4.69, 9.17) is 11.5 Å². The van der Waals surface area contributed by atoms with Gasteiger partial charge in [0.25, 0.3) is 0 Å². The first-order valence-corrected chi connectivity index (χ1v) is 3.70. The molecule has 0 bridgehead atoms. The van der Waals surface area contributed by atoms with Crippen molar-refractivity contribution in [2.75, 3.05) is 26.7 Å². The molecule has 0 aromatic heterocycles. The van der Waals surface area contributed by atoms with E-state index in [-0.39, 0.29) is 26.7 Å². The fraction of sp³-hybridized carbons (Fsp3) is 0.667. The molecule has 0 aromatic carbocycles. The van der Waals surface area contributed by atoms with Crippen molar-refractivity contribution in [3.8, 4) is 0 Å². The third-order valence-corrected chi connectivity index (χ3v) is 0.926. The van der Waals surface area contributed by atoms with Gasteiger partial charge in [-0.1, -0.05) is 0 Å². The molecule has 14 heavy (non-hydrogen) atoms. The second-order valence-electron chi connectivity index (χ2n) is 1.82. The van der Waals surface area contributed by atoms with Crippen molar-refractivity contribution in [1.29, 1.82) is 0 Å². The molecule has 0 saturated carbocycles. The predicted octanol–water partition coefficient (Wildman–Crippen LogP) is -0.875. The van der Waals surface area contributed by atoms with Crippen LogP contribution < -0.4 is 11.5 Å². The van der Waals surface area contributed by atoms with Crippen molar-refractivity contribution >= 4 is 12.3 Å². The lowest BCUT2D eigenvalue weighted by atomic mass is 10.8. The Morgan fingerprint density at radius 1 is 0.786 bits per heavy atom. The van der Waals surface area contributed by atoms with E-state index in [2.05, 4.69) is 18.9 Å². The molecule has 0 aliphatic carbocycles. The summed E-state index contributed by atoms with van der Waals surface area (Å²) in [4.78, 5) is 21.0. The van der Waals surface area contributed by atoms with Gasteiger partial charge in [-0.2, -0.15) is 0 Å². The van der Waals surface area contributed by atoms with Gasteiger partial charge in [-0.15, -0.1) is 0 Å². The number of carbonyl (C=O) groups excluding carboxylic acids is 2. The predicted molar refractivity (Wildman–Crippen MR) is 43.0 cm³/mol. The molecule has 0 aliphatic heterocycles. The third kappa shape index (κ3) is 7.13. The van der Waals surface area contributed by atoms with Gasteiger partial charge in [0.05, 0.1) is 0 Å². The zero-order valence-electron chi connectivity index (χ0n) is 7.43. The summed E-state index contributed by atoms with van der Waals surface area (Å²) in [6.07, 6.45) is -1.86. The maximum Gasteiger partial charge on any atom is 0.509 e. The molecule has 82 valence electrons. The van der Waals surface area contributed by atoms with Crippen LogP contribution in [0.1, 0.15) is 0 Å². The first-order chi connectivity index (χ1) is 6.70. The minimum absolute atomic E-state index is 0.140. The van der Waals surface area contributed by atoms with Gasteiger partial charge >= 0.3 is 12.3 Å². The number of hydrogen-bond donors (Lipinski definition) is 2. The second kappa shape index (κ2) is 8.08. The first kappa shape index (κ1) is 12.5. The maximum absolute atomic E-state index is 10.5. The minimum atomic E-state index is -0.928. The van der Waals surface area contributed by atoms with Crippen LogP contribution in [0, 0.1) is 0 Å². The van der Waals surface area contributed by atoms with Crippen molar-refractivity contribution in [3.05, 3.63) is 0 Å². The summed E-state index contributed by atoms with van der Waals surface area (Å²) >= 11 is 0. The summed E-state index contributed by atoms with van der Waals surface area (Å²) in [5.74, 6) is 0. The van der Waals surface area contributed by atoms with Crippen molar-refractivity contribution in [3.63, 3.8) is 0 Å². The Balaban J connectivity index is 3.28. The highest BCUT2D eigenvalue weighted by atomic mass is 16.7. The van der Waals surface area contributed by atoms with E-state index in [9.17, 15) is 9.59 Å². The first-order valence-electron chi connectivity index (χ1n) is 3.70. The lowest BCUT2D eigenvalue weighted by Gasteiger charge is -2.05. The zero-order chi connectivity index (χ0) is 10.8. The maximum atomic E-state index is 10.5. The van der Waals surface area contributed by atoms with Crippen LogP contribution >= 0.6 is 0 Å². The SMILES string of the molecule is NCOC(=O)OCCOC(=O)OCN. The molecule has 0 aromatic rings. The van der Waals surface area contributed by atoms with Crippen molar-refractivity contribution < 1.29 is 28.5 Å². The van der Waals surface area contributed by atoms with Crippen LogP contribution in [0.2, 0.25) is 0 Å². The largest absolute Gasteiger partial charge is 0.509 e. The molecular weight excluding hydrogens is 196 g/mol. The van der Waals surface area contributed by atoms with Crippen molar-refractivity contribution in [1.82, 2.24) is 0 Å². The number of carbonyl (C=O) groups is 2.